The summed E-state index contributed by atoms with van der Waals surface area (Å²) in [5.74, 6) is 2.61. The van der Waals surface area contributed by atoms with Crippen LogP contribution in [0.3, 0.4) is 0 Å². The molecule has 1 fully saturated rings. The van der Waals surface area contributed by atoms with E-state index in [2.05, 4.69) is 65.1 Å². The van der Waals surface area contributed by atoms with Crippen LogP contribution in [-0.2, 0) is 0 Å². The highest BCUT2D eigenvalue weighted by Gasteiger charge is 2.24. The lowest BCUT2D eigenvalue weighted by molar-refractivity contribution is 0.0746. The first-order chi connectivity index (χ1) is 17.5. The highest BCUT2D eigenvalue weighted by molar-refractivity contribution is 7.99. The van der Waals surface area contributed by atoms with Gasteiger partial charge in [-0.1, -0.05) is 18.7 Å². The number of carbonyl (C=O) groups excluding carboxylic acids is 1. The number of amides is 1. The lowest BCUT2D eigenvalue weighted by Gasteiger charge is -2.35. The van der Waals surface area contributed by atoms with E-state index in [0.717, 1.165) is 60.1 Å². The standard InChI is InChI=1S/C27H35N7OS/c1-5-32(6-2)23-10-8-22(9-11-23)29-24-19-25(31-27(30-24)36-7-3)33-14-16-34(17-15-33)26(35)21-12-13-28-20(4)18-21/h8-13,18-19H,5-7,14-17H2,1-4H3,(H,29,30,31). The molecule has 8 nitrogen and oxygen atoms in total. The fraction of sp³-hybridized carbons (Fsp3) is 0.407. The Kier molecular flexibility index (Phi) is 8.64. The molecule has 1 aliphatic rings. The molecule has 0 bridgehead atoms. The van der Waals surface area contributed by atoms with E-state index in [1.807, 2.05) is 24.0 Å². The molecule has 4 rings (SSSR count). The molecule has 1 saturated heterocycles. The molecular formula is C27H35N7OS. The minimum absolute atomic E-state index is 0.0561. The average Bonchev–Trinajstić information content (AvgIpc) is 2.90. The number of aromatic nitrogens is 3. The van der Waals surface area contributed by atoms with Crippen LogP contribution in [0.5, 0.6) is 0 Å². The smallest absolute Gasteiger partial charge is 0.254 e. The number of benzene rings is 1. The van der Waals surface area contributed by atoms with Crippen molar-refractivity contribution < 1.29 is 4.79 Å². The maximum absolute atomic E-state index is 12.9. The van der Waals surface area contributed by atoms with Gasteiger partial charge in [-0.2, -0.15) is 0 Å². The third kappa shape index (κ3) is 6.26. The Bertz CT molecular complexity index is 1160. The normalized spacial score (nSPS) is 13.6. The van der Waals surface area contributed by atoms with E-state index in [1.165, 1.54) is 5.69 Å². The third-order valence-corrected chi connectivity index (χ3v) is 7.00. The van der Waals surface area contributed by atoms with Crippen LogP contribution in [0.4, 0.5) is 23.0 Å². The van der Waals surface area contributed by atoms with E-state index < -0.39 is 0 Å². The highest BCUT2D eigenvalue weighted by atomic mass is 32.2. The predicted molar refractivity (Wildman–Crippen MR) is 149 cm³/mol. The second-order valence-corrected chi connectivity index (χ2v) is 9.87. The summed E-state index contributed by atoms with van der Waals surface area (Å²) >= 11 is 1.63. The van der Waals surface area contributed by atoms with Crippen molar-refractivity contribution in [1.82, 2.24) is 19.9 Å². The molecule has 3 aromatic rings. The van der Waals surface area contributed by atoms with Crippen LogP contribution in [-0.4, -0.2) is 70.8 Å². The lowest BCUT2D eigenvalue weighted by atomic mass is 10.2. The van der Waals surface area contributed by atoms with E-state index in [9.17, 15) is 4.79 Å². The molecule has 0 aliphatic carbocycles. The Morgan fingerprint density at radius 3 is 2.36 bits per heavy atom. The summed E-state index contributed by atoms with van der Waals surface area (Å²) in [7, 11) is 0. The van der Waals surface area contributed by atoms with Gasteiger partial charge in [0.25, 0.3) is 5.91 Å². The van der Waals surface area contributed by atoms with Crippen LogP contribution in [0, 0.1) is 6.92 Å². The molecule has 1 aliphatic heterocycles. The maximum Gasteiger partial charge on any atom is 0.254 e. The molecule has 36 heavy (non-hydrogen) atoms. The maximum atomic E-state index is 12.9. The van der Waals surface area contributed by atoms with Crippen molar-refractivity contribution in [3.05, 3.63) is 59.9 Å². The van der Waals surface area contributed by atoms with Crippen molar-refractivity contribution in [2.24, 2.45) is 0 Å². The Morgan fingerprint density at radius 2 is 1.72 bits per heavy atom. The van der Waals surface area contributed by atoms with Gasteiger partial charge in [0.1, 0.15) is 11.6 Å². The van der Waals surface area contributed by atoms with Gasteiger partial charge >= 0.3 is 0 Å². The van der Waals surface area contributed by atoms with E-state index in [-0.39, 0.29) is 5.91 Å². The van der Waals surface area contributed by atoms with Crippen molar-refractivity contribution in [2.45, 2.75) is 32.9 Å². The number of nitrogens with one attached hydrogen (secondary N) is 1. The van der Waals surface area contributed by atoms with Crippen molar-refractivity contribution in [2.75, 3.05) is 60.1 Å². The first kappa shape index (κ1) is 25.8. The number of aryl methyl sites for hydroxylation is 1. The Hall–Kier alpha value is -3.33. The van der Waals surface area contributed by atoms with Gasteiger partial charge in [0, 0.05) is 74.2 Å². The molecule has 0 radical (unpaired) electrons. The number of carbonyl (C=O) groups is 1. The molecule has 0 unspecified atom stereocenters. The molecule has 1 N–H and O–H groups in total. The number of anilines is 4. The van der Waals surface area contributed by atoms with Gasteiger partial charge in [0.2, 0.25) is 0 Å². The Labute approximate surface area is 218 Å². The largest absolute Gasteiger partial charge is 0.372 e. The molecule has 0 atom stereocenters. The quantitative estimate of drug-likeness (QED) is 0.327. The van der Waals surface area contributed by atoms with Gasteiger partial charge in [0.15, 0.2) is 5.16 Å². The molecule has 3 heterocycles. The number of thioether (sulfide) groups is 1. The second kappa shape index (κ2) is 12.1. The van der Waals surface area contributed by atoms with Crippen LogP contribution in [0.2, 0.25) is 0 Å². The Balaban J connectivity index is 1.46. The van der Waals surface area contributed by atoms with Crippen LogP contribution in [0.25, 0.3) is 0 Å². The second-order valence-electron chi connectivity index (χ2n) is 8.64. The summed E-state index contributed by atoms with van der Waals surface area (Å²) in [6, 6.07) is 14.1. The van der Waals surface area contributed by atoms with E-state index in [0.29, 0.717) is 18.7 Å². The van der Waals surface area contributed by atoms with Gasteiger partial charge in [-0.05, 0) is 62.9 Å². The van der Waals surface area contributed by atoms with Crippen molar-refractivity contribution in [3.63, 3.8) is 0 Å². The zero-order valence-electron chi connectivity index (χ0n) is 21.6. The fourth-order valence-electron chi connectivity index (χ4n) is 4.32. The van der Waals surface area contributed by atoms with Crippen molar-refractivity contribution >= 4 is 40.7 Å². The summed E-state index contributed by atoms with van der Waals surface area (Å²) in [5, 5.41) is 4.21. The summed E-state index contributed by atoms with van der Waals surface area (Å²) in [4.78, 5) is 33.1. The van der Waals surface area contributed by atoms with E-state index in [4.69, 9.17) is 9.97 Å². The molecule has 0 saturated carbocycles. The Morgan fingerprint density at radius 1 is 1.00 bits per heavy atom. The SMILES string of the molecule is CCSc1nc(Nc2ccc(N(CC)CC)cc2)cc(N2CCN(C(=O)c3ccnc(C)c3)CC2)n1. The van der Waals surface area contributed by atoms with Gasteiger partial charge in [-0.25, -0.2) is 9.97 Å². The molecule has 190 valence electrons. The van der Waals surface area contributed by atoms with Crippen LogP contribution >= 0.6 is 11.8 Å². The third-order valence-electron chi connectivity index (χ3n) is 6.27. The van der Waals surface area contributed by atoms with E-state index in [1.54, 1.807) is 24.0 Å². The van der Waals surface area contributed by atoms with Crippen molar-refractivity contribution in [3.8, 4) is 0 Å². The van der Waals surface area contributed by atoms with Crippen LogP contribution in [0.15, 0.2) is 53.8 Å². The van der Waals surface area contributed by atoms with Gasteiger partial charge < -0.3 is 20.0 Å². The molecule has 1 amide bonds. The van der Waals surface area contributed by atoms with Gasteiger partial charge in [-0.15, -0.1) is 0 Å². The number of pyridine rings is 1. The minimum Gasteiger partial charge on any atom is -0.372 e. The number of piperazine rings is 1. The number of rotatable bonds is 9. The highest BCUT2D eigenvalue weighted by Crippen LogP contribution is 2.26. The van der Waals surface area contributed by atoms with E-state index >= 15 is 0 Å². The first-order valence-electron chi connectivity index (χ1n) is 12.6. The summed E-state index contributed by atoms with van der Waals surface area (Å²) in [6.45, 7) is 13.1. The van der Waals surface area contributed by atoms with Crippen molar-refractivity contribution in [1.29, 1.82) is 0 Å². The zero-order chi connectivity index (χ0) is 25.5. The predicted octanol–water partition coefficient (Wildman–Crippen LogP) is 4.84. The molecule has 0 spiro atoms. The van der Waals surface area contributed by atoms with Crippen LogP contribution < -0.4 is 15.1 Å². The monoisotopic (exact) mass is 505 g/mol. The summed E-state index contributed by atoms with van der Waals surface area (Å²) in [6.07, 6.45) is 1.69. The molecule has 9 heteroatoms. The number of nitrogens with zero attached hydrogens (tertiary/aromatic N) is 6. The summed E-state index contributed by atoms with van der Waals surface area (Å²) in [5.41, 5.74) is 3.75. The summed E-state index contributed by atoms with van der Waals surface area (Å²) < 4.78 is 0. The molecule has 1 aromatic carbocycles. The lowest BCUT2D eigenvalue weighted by Crippen LogP contribution is -2.49. The fourth-order valence-corrected chi connectivity index (χ4v) is 4.90. The minimum atomic E-state index is 0.0561. The topological polar surface area (TPSA) is 77.5 Å². The van der Waals surface area contributed by atoms with Crippen LogP contribution in [0.1, 0.15) is 36.8 Å². The first-order valence-corrected chi connectivity index (χ1v) is 13.6. The average molecular weight is 506 g/mol. The molecule has 2 aromatic heterocycles. The number of hydrogen-bond acceptors (Lipinski definition) is 8. The number of hydrogen-bond donors (Lipinski definition) is 1. The van der Waals surface area contributed by atoms with Gasteiger partial charge in [-0.3, -0.25) is 9.78 Å². The van der Waals surface area contributed by atoms with Gasteiger partial charge in [0.05, 0.1) is 0 Å². The molecular weight excluding hydrogens is 470 g/mol. The zero-order valence-corrected chi connectivity index (χ0v) is 22.4.